The minimum absolute atomic E-state index is 0.0546. The Kier molecular flexibility index (Phi) is 7.95. The Morgan fingerprint density at radius 2 is 1.82 bits per heavy atom. The second-order valence-corrected chi connectivity index (χ2v) is 12.3. The lowest BCUT2D eigenvalue weighted by molar-refractivity contribution is -0.137. The number of benzene rings is 2. The van der Waals surface area contributed by atoms with Crippen molar-refractivity contribution in [2.45, 2.75) is 39.0 Å². The number of nitrogens with one attached hydrogen (secondary N) is 2. The van der Waals surface area contributed by atoms with Gasteiger partial charge in [-0.05, 0) is 42.2 Å². The number of halogens is 3. The summed E-state index contributed by atoms with van der Waals surface area (Å²) in [5.41, 5.74) is 1.53. The molecule has 2 aromatic heterocycles. The highest BCUT2D eigenvalue weighted by Gasteiger charge is 2.35. The van der Waals surface area contributed by atoms with Gasteiger partial charge in [-0.25, -0.2) is 4.98 Å². The molecular weight excluding hydrogens is 530 g/mol. The Labute approximate surface area is 224 Å². The number of aryl methyl sites for hydroxylation is 1. The highest BCUT2D eigenvalue weighted by molar-refractivity contribution is 7.57. The zero-order valence-electron chi connectivity index (χ0n) is 22.3. The van der Waals surface area contributed by atoms with Crippen molar-refractivity contribution in [3.05, 3.63) is 65.5 Å². The fourth-order valence-electron chi connectivity index (χ4n) is 4.40. The Hall–Kier alpha value is -3.56. The van der Waals surface area contributed by atoms with Crippen molar-refractivity contribution in [2.24, 2.45) is 7.05 Å². The van der Waals surface area contributed by atoms with Crippen molar-refractivity contribution >= 4 is 41.3 Å². The number of rotatable bonds is 9. The van der Waals surface area contributed by atoms with Gasteiger partial charge in [0.1, 0.15) is 11.4 Å². The molecule has 0 radical (unpaired) electrons. The lowest BCUT2D eigenvalue weighted by Gasteiger charge is -2.17. The standard InChI is InChI=1S/C27H31F3N5O3P/c1-6-38-39(5,37)15-17-7-9-18(10-8-17)32-26-31-13-21(27(28,29)30)24(34-26)33-22-12-11-19(16(2)3)20-14-35(4)25(36)23(20)22/h7-14,16,36H,6,15H2,1-5H3,(H2,31,32,33,34). The van der Waals surface area contributed by atoms with E-state index in [4.69, 9.17) is 4.52 Å². The minimum atomic E-state index is -4.72. The van der Waals surface area contributed by atoms with Crippen LogP contribution < -0.4 is 10.6 Å². The molecule has 0 aliphatic rings. The minimum Gasteiger partial charge on any atom is -0.494 e. The molecule has 1 unspecified atom stereocenters. The number of hydrogen-bond donors (Lipinski definition) is 3. The zero-order chi connectivity index (χ0) is 28.5. The molecule has 1 atom stereocenters. The Morgan fingerprint density at radius 3 is 2.44 bits per heavy atom. The molecule has 0 aliphatic carbocycles. The largest absolute Gasteiger partial charge is 0.494 e. The predicted octanol–water partition coefficient (Wildman–Crippen LogP) is 7.75. The van der Waals surface area contributed by atoms with Crippen molar-refractivity contribution in [2.75, 3.05) is 23.9 Å². The van der Waals surface area contributed by atoms with Crippen molar-refractivity contribution in [1.29, 1.82) is 0 Å². The normalized spacial score (nSPS) is 13.6. The first-order valence-electron chi connectivity index (χ1n) is 12.4. The quantitative estimate of drug-likeness (QED) is 0.180. The molecule has 2 heterocycles. The molecule has 3 N–H and O–H groups in total. The van der Waals surface area contributed by atoms with Crippen LogP contribution in [0, 0.1) is 0 Å². The van der Waals surface area contributed by atoms with Gasteiger partial charge in [0.05, 0.1) is 17.7 Å². The van der Waals surface area contributed by atoms with Crippen LogP contribution >= 0.6 is 7.37 Å². The van der Waals surface area contributed by atoms with Crippen LogP contribution in [0.25, 0.3) is 10.8 Å². The molecule has 0 fully saturated rings. The molecule has 0 amide bonds. The average Bonchev–Trinajstić information content (AvgIpc) is 3.14. The first-order valence-corrected chi connectivity index (χ1v) is 14.6. The topological polar surface area (TPSA) is 101 Å². The van der Waals surface area contributed by atoms with Gasteiger partial charge in [0.15, 0.2) is 0 Å². The number of fused-ring (bicyclic) bond motifs is 1. The van der Waals surface area contributed by atoms with Gasteiger partial charge in [0.2, 0.25) is 19.2 Å². The number of aromatic nitrogens is 3. The van der Waals surface area contributed by atoms with E-state index in [1.807, 2.05) is 19.9 Å². The van der Waals surface area contributed by atoms with Crippen LogP contribution in [0.4, 0.5) is 36.3 Å². The van der Waals surface area contributed by atoms with E-state index >= 15 is 0 Å². The van der Waals surface area contributed by atoms with E-state index in [0.717, 1.165) is 16.5 Å². The van der Waals surface area contributed by atoms with Gasteiger partial charge in [-0.1, -0.05) is 32.0 Å². The summed E-state index contributed by atoms with van der Waals surface area (Å²) in [5, 5.41) is 17.5. The lowest BCUT2D eigenvalue weighted by Crippen LogP contribution is -2.12. The fourth-order valence-corrected chi connectivity index (χ4v) is 5.91. The van der Waals surface area contributed by atoms with Gasteiger partial charge in [0, 0.05) is 43.3 Å². The zero-order valence-corrected chi connectivity index (χ0v) is 23.2. The van der Waals surface area contributed by atoms with E-state index in [2.05, 4.69) is 20.6 Å². The number of aromatic hydroxyl groups is 1. The van der Waals surface area contributed by atoms with E-state index in [9.17, 15) is 22.8 Å². The first-order chi connectivity index (χ1) is 18.3. The van der Waals surface area contributed by atoms with E-state index < -0.39 is 24.9 Å². The summed E-state index contributed by atoms with van der Waals surface area (Å²) in [6.07, 6.45) is -1.99. The second kappa shape index (κ2) is 10.9. The number of hydrogen-bond acceptors (Lipinski definition) is 7. The molecule has 0 spiro atoms. The third-order valence-electron chi connectivity index (χ3n) is 6.21. The SMILES string of the molecule is CCOP(C)(=O)Cc1ccc(Nc2ncc(C(F)(F)F)c(Nc3ccc(C(C)C)c4cn(C)c(O)c34)n2)cc1. The highest BCUT2D eigenvalue weighted by Crippen LogP contribution is 2.46. The van der Waals surface area contributed by atoms with Crippen molar-refractivity contribution < 1.29 is 27.4 Å². The second-order valence-electron chi connectivity index (χ2n) is 9.70. The van der Waals surface area contributed by atoms with E-state index in [1.165, 1.54) is 4.57 Å². The third kappa shape index (κ3) is 6.37. The molecule has 4 rings (SSSR count). The number of anilines is 4. The van der Waals surface area contributed by atoms with Crippen LogP contribution in [-0.2, 0) is 28.5 Å². The van der Waals surface area contributed by atoms with Crippen LogP contribution in [0.1, 0.15) is 43.4 Å². The van der Waals surface area contributed by atoms with Crippen LogP contribution in [0.2, 0.25) is 0 Å². The molecule has 0 saturated carbocycles. The average molecular weight is 562 g/mol. The van der Waals surface area contributed by atoms with E-state index in [1.54, 1.807) is 57.2 Å². The summed E-state index contributed by atoms with van der Waals surface area (Å²) in [6, 6.07) is 10.4. The maximum atomic E-state index is 13.9. The number of nitrogens with zero attached hydrogens (tertiary/aromatic N) is 3. The Balaban J connectivity index is 1.67. The molecule has 208 valence electrons. The molecule has 2 aromatic carbocycles. The van der Waals surface area contributed by atoms with Crippen LogP contribution in [-0.4, -0.2) is 32.9 Å². The Bertz CT molecular complexity index is 1530. The van der Waals surface area contributed by atoms with E-state index in [-0.39, 0.29) is 29.6 Å². The molecule has 0 bridgehead atoms. The van der Waals surface area contributed by atoms with Gasteiger partial charge in [-0.15, -0.1) is 0 Å². The molecule has 8 nitrogen and oxygen atoms in total. The summed E-state index contributed by atoms with van der Waals surface area (Å²) < 4.78 is 60.9. The maximum Gasteiger partial charge on any atom is 0.421 e. The van der Waals surface area contributed by atoms with Crippen LogP contribution in [0.3, 0.4) is 0 Å². The van der Waals surface area contributed by atoms with Gasteiger partial charge >= 0.3 is 6.18 Å². The molecule has 39 heavy (non-hydrogen) atoms. The molecule has 12 heteroatoms. The van der Waals surface area contributed by atoms with E-state index in [0.29, 0.717) is 23.9 Å². The molecular formula is C27H31F3N5O3P. The van der Waals surface area contributed by atoms with Gasteiger partial charge < -0.3 is 24.8 Å². The van der Waals surface area contributed by atoms with Gasteiger partial charge in [-0.3, -0.25) is 4.57 Å². The summed E-state index contributed by atoms with van der Waals surface area (Å²) in [4.78, 5) is 8.00. The van der Waals surface area contributed by atoms with Gasteiger partial charge in [-0.2, -0.15) is 18.2 Å². The molecule has 0 saturated heterocycles. The Morgan fingerprint density at radius 1 is 1.13 bits per heavy atom. The molecule has 0 aliphatic heterocycles. The van der Waals surface area contributed by atoms with Crippen LogP contribution in [0.5, 0.6) is 5.88 Å². The monoisotopic (exact) mass is 561 g/mol. The van der Waals surface area contributed by atoms with Crippen molar-refractivity contribution in [3.63, 3.8) is 0 Å². The number of alkyl halides is 3. The smallest absolute Gasteiger partial charge is 0.421 e. The first kappa shape index (κ1) is 28.4. The van der Waals surface area contributed by atoms with Crippen LogP contribution in [0.15, 0.2) is 48.8 Å². The summed E-state index contributed by atoms with van der Waals surface area (Å²) in [7, 11) is -1.10. The van der Waals surface area contributed by atoms with Crippen molar-refractivity contribution in [1.82, 2.24) is 14.5 Å². The highest BCUT2D eigenvalue weighted by atomic mass is 31.2. The summed E-state index contributed by atoms with van der Waals surface area (Å²) >= 11 is 0. The summed E-state index contributed by atoms with van der Waals surface area (Å²) in [6.45, 7) is 7.71. The fraction of sp³-hybridized carbons (Fsp3) is 0.333. The van der Waals surface area contributed by atoms with Crippen molar-refractivity contribution in [3.8, 4) is 5.88 Å². The lowest BCUT2D eigenvalue weighted by atomic mass is 9.97. The molecule has 4 aromatic rings. The predicted molar refractivity (Wildman–Crippen MR) is 148 cm³/mol. The summed E-state index contributed by atoms with van der Waals surface area (Å²) in [5.74, 6) is -0.445. The third-order valence-corrected chi connectivity index (χ3v) is 7.95. The maximum absolute atomic E-state index is 13.9. The van der Waals surface area contributed by atoms with Gasteiger partial charge in [0.25, 0.3) is 0 Å².